The minimum absolute atomic E-state index is 0.877. The molecule has 0 radical (unpaired) electrons. The standard InChI is InChI=1S/C14H23N3/c1-15-9-13-7-8-16-10-14(13)17(2)11-12-5-3-4-6-12/h7-8,10,12,15H,3-6,9,11H2,1-2H3. The fourth-order valence-electron chi connectivity index (χ4n) is 2.78. The molecule has 3 heteroatoms. The molecule has 0 spiro atoms. The van der Waals surface area contributed by atoms with Gasteiger partial charge in [0, 0.05) is 26.3 Å². The zero-order valence-electron chi connectivity index (χ0n) is 10.9. The fourth-order valence-corrected chi connectivity index (χ4v) is 2.78. The van der Waals surface area contributed by atoms with E-state index in [2.05, 4.69) is 28.3 Å². The lowest BCUT2D eigenvalue weighted by molar-refractivity contribution is 0.546. The van der Waals surface area contributed by atoms with Crippen molar-refractivity contribution in [1.29, 1.82) is 0 Å². The SMILES string of the molecule is CNCc1ccncc1N(C)CC1CCCC1. The van der Waals surface area contributed by atoms with E-state index >= 15 is 0 Å². The molecule has 0 atom stereocenters. The van der Waals surface area contributed by atoms with Crippen LogP contribution >= 0.6 is 0 Å². The molecular weight excluding hydrogens is 210 g/mol. The maximum absolute atomic E-state index is 4.25. The van der Waals surface area contributed by atoms with E-state index in [4.69, 9.17) is 0 Å². The quantitative estimate of drug-likeness (QED) is 0.846. The van der Waals surface area contributed by atoms with Crippen LogP contribution in [0.2, 0.25) is 0 Å². The highest BCUT2D eigenvalue weighted by Gasteiger charge is 2.18. The molecule has 0 aliphatic heterocycles. The second-order valence-corrected chi connectivity index (χ2v) is 5.07. The molecule has 0 bridgehead atoms. The minimum atomic E-state index is 0.877. The van der Waals surface area contributed by atoms with Crippen LogP contribution in [0.4, 0.5) is 5.69 Å². The monoisotopic (exact) mass is 233 g/mol. The Labute approximate surface area is 104 Å². The van der Waals surface area contributed by atoms with Crippen molar-refractivity contribution in [3.8, 4) is 0 Å². The van der Waals surface area contributed by atoms with Crippen LogP contribution < -0.4 is 10.2 Å². The van der Waals surface area contributed by atoms with Gasteiger partial charge in [0.15, 0.2) is 0 Å². The number of aromatic nitrogens is 1. The molecule has 94 valence electrons. The lowest BCUT2D eigenvalue weighted by atomic mass is 10.1. The summed E-state index contributed by atoms with van der Waals surface area (Å²) in [6, 6.07) is 2.11. The van der Waals surface area contributed by atoms with Gasteiger partial charge in [0.1, 0.15) is 0 Å². The number of nitrogens with zero attached hydrogens (tertiary/aromatic N) is 2. The molecule has 1 fully saturated rings. The van der Waals surface area contributed by atoms with Gasteiger partial charge in [-0.25, -0.2) is 0 Å². The Morgan fingerprint density at radius 3 is 2.88 bits per heavy atom. The van der Waals surface area contributed by atoms with Crippen LogP contribution in [0.1, 0.15) is 31.2 Å². The molecule has 17 heavy (non-hydrogen) atoms. The molecule has 1 saturated carbocycles. The summed E-state index contributed by atoms with van der Waals surface area (Å²) in [6.07, 6.45) is 9.48. The average Bonchev–Trinajstić information content (AvgIpc) is 2.83. The highest BCUT2D eigenvalue weighted by Crippen LogP contribution is 2.27. The van der Waals surface area contributed by atoms with E-state index in [1.807, 2.05) is 19.4 Å². The summed E-state index contributed by atoms with van der Waals surface area (Å²) in [6.45, 7) is 2.08. The Kier molecular flexibility index (Phi) is 4.37. The number of rotatable bonds is 5. The van der Waals surface area contributed by atoms with Crippen molar-refractivity contribution in [2.45, 2.75) is 32.2 Å². The van der Waals surface area contributed by atoms with Gasteiger partial charge in [-0.05, 0) is 37.4 Å². The van der Waals surface area contributed by atoms with Crippen LogP contribution in [-0.4, -0.2) is 25.6 Å². The maximum Gasteiger partial charge on any atom is 0.0595 e. The van der Waals surface area contributed by atoms with Gasteiger partial charge in [0.25, 0.3) is 0 Å². The van der Waals surface area contributed by atoms with Gasteiger partial charge in [-0.1, -0.05) is 12.8 Å². The van der Waals surface area contributed by atoms with E-state index in [0.29, 0.717) is 0 Å². The number of hydrogen-bond acceptors (Lipinski definition) is 3. The number of pyridine rings is 1. The number of anilines is 1. The van der Waals surface area contributed by atoms with Crippen LogP contribution in [0.15, 0.2) is 18.5 Å². The fraction of sp³-hybridized carbons (Fsp3) is 0.643. The van der Waals surface area contributed by atoms with Crippen molar-refractivity contribution < 1.29 is 0 Å². The smallest absolute Gasteiger partial charge is 0.0595 e. The van der Waals surface area contributed by atoms with E-state index < -0.39 is 0 Å². The topological polar surface area (TPSA) is 28.2 Å². The molecule has 0 saturated heterocycles. The number of nitrogens with one attached hydrogen (secondary N) is 1. The molecule has 1 N–H and O–H groups in total. The Bertz CT molecular complexity index is 345. The molecule has 2 rings (SSSR count). The normalized spacial score (nSPS) is 16.4. The van der Waals surface area contributed by atoms with E-state index in [0.717, 1.165) is 12.5 Å². The van der Waals surface area contributed by atoms with E-state index in [1.165, 1.54) is 43.5 Å². The van der Waals surface area contributed by atoms with Crippen molar-refractivity contribution in [3.05, 3.63) is 24.0 Å². The third kappa shape index (κ3) is 3.19. The first-order valence-electron chi connectivity index (χ1n) is 6.60. The van der Waals surface area contributed by atoms with Crippen LogP contribution in [0.3, 0.4) is 0 Å². The predicted molar refractivity (Wildman–Crippen MR) is 72.2 cm³/mol. The van der Waals surface area contributed by atoms with Gasteiger partial charge in [0.05, 0.1) is 11.9 Å². The Morgan fingerprint density at radius 2 is 2.18 bits per heavy atom. The third-order valence-corrected chi connectivity index (χ3v) is 3.67. The molecule has 0 unspecified atom stereocenters. The summed E-state index contributed by atoms with van der Waals surface area (Å²) < 4.78 is 0. The van der Waals surface area contributed by atoms with Crippen molar-refractivity contribution >= 4 is 5.69 Å². The molecule has 1 aliphatic carbocycles. The van der Waals surface area contributed by atoms with Gasteiger partial charge < -0.3 is 10.2 Å². The molecule has 1 aromatic rings. The van der Waals surface area contributed by atoms with Crippen LogP contribution in [-0.2, 0) is 6.54 Å². The van der Waals surface area contributed by atoms with Crippen molar-refractivity contribution in [2.24, 2.45) is 5.92 Å². The van der Waals surface area contributed by atoms with Crippen LogP contribution in [0, 0.1) is 5.92 Å². The van der Waals surface area contributed by atoms with Gasteiger partial charge in [-0.3, -0.25) is 4.98 Å². The Morgan fingerprint density at radius 1 is 1.41 bits per heavy atom. The second kappa shape index (κ2) is 6.01. The molecule has 1 aliphatic rings. The molecule has 3 nitrogen and oxygen atoms in total. The molecule has 1 aromatic heterocycles. The van der Waals surface area contributed by atoms with Crippen molar-refractivity contribution in [3.63, 3.8) is 0 Å². The first-order valence-corrected chi connectivity index (χ1v) is 6.60. The van der Waals surface area contributed by atoms with Crippen molar-refractivity contribution in [1.82, 2.24) is 10.3 Å². The third-order valence-electron chi connectivity index (χ3n) is 3.67. The first kappa shape index (κ1) is 12.4. The van der Waals surface area contributed by atoms with Gasteiger partial charge in [-0.2, -0.15) is 0 Å². The molecule has 0 aromatic carbocycles. The zero-order valence-corrected chi connectivity index (χ0v) is 10.9. The lowest BCUT2D eigenvalue weighted by Gasteiger charge is -2.25. The Balaban J connectivity index is 2.03. The highest BCUT2D eigenvalue weighted by molar-refractivity contribution is 5.51. The average molecular weight is 233 g/mol. The number of hydrogen-bond donors (Lipinski definition) is 1. The lowest BCUT2D eigenvalue weighted by Crippen LogP contribution is -2.25. The Hall–Kier alpha value is -1.09. The van der Waals surface area contributed by atoms with E-state index in [1.54, 1.807) is 0 Å². The largest absolute Gasteiger partial charge is 0.373 e. The van der Waals surface area contributed by atoms with Crippen LogP contribution in [0.25, 0.3) is 0 Å². The summed E-state index contributed by atoms with van der Waals surface area (Å²) in [5.74, 6) is 0.877. The summed E-state index contributed by atoms with van der Waals surface area (Å²) in [5.41, 5.74) is 2.61. The van der Waals surface area contributed by atoms with Gasteiger partial charge >= 0.3 is 0 Å². The second-order valence-electron chi connectivity index (χ2n) is 5.07. The molecule has 0 amide bonds. The molecule has 1 heterocycles. The van der Waals surface area contributed by atoms with Gasteiger partial charge in [0.2, 0.25) is 0 Å². The van der Waals surface area contributed by atoms with Gasteiger partial charge in [-0.15, -0.1) is 0 Å². The summed E-state index contributed by atoms with van der Waals surface area (Å²) in [5, 5.41) is 3.22. The zero-order chi connectivity index (χ0) is 12.1. The maximum atomic E-state index is 4.25. The van der Waals surface area contributed by atoms with Crippen LogP contribution in [0.5, 0.6) is 0 Å². The predicted octanol–water partition coefficient (Wildman–Crippen LogP) is 2.43. The molecular formula is C14H23N3. The van der Waals surface area contributed by atoms with E-state index in [9.17, 15) is 0 Å². The van der Waals surface area contributed by atoms with E-state index in [-0.39, 0.29) is 0 Å². The minimum Gasteiger partial charge on any atom is -0.373 e. The van der Waals surface area contributed by atoms with Crippen molar-refractivity contribution in [2.75, 3.05) is 25.5 Å². The first-order chi connectivity index (χ1) is 8.31. The summed E-state index contributed by atoms with van der Waals surface area (Å²) in [7, 11) is 4.18. The highest BCUT2D eigenvalue weighted by atomic mass is 15.1. The summed E-state index contributed by atoms with van der Waals surface area (Å²) in [4.78, 5) is 6.62. The summed E-state index contributed by atoms with van der Waals surface area (Å²) >= 11 is 0.